The molecule has 0 spiro atoms. The number of rotatable bonds is 4. The van der Waals surface area contributed by atoms with Crippen molar-refractivity contribution in [1.29, 1.82) is 0 Å². The SMILES string of the molecule is O=C(C[C@]1(c2ccccc2)Nc2ccccc2C1=O)c1cccs1. The van der Waals surface area contributed by atoms with Gasteiger partial charge in [-0.25, -0.2) is 0 Å². The topological polar surface area (TPSA) is 46.2 Å². The van der Waals surface area contributed by atoms with Crippen molar-refractivity contribution in [2.45, 2.75) is 12.0 Å². The normalized spacial score (nSPS) is 18.9. The number of hydrogen-bond acceptors (Lipinski definition) is 4. The Kier molecular flexibility index (Phi) is 3.54. The molecule has 1 aliphatic heterocycles. The molecule has 3 aromatic rings. The molecule has 0 amide bonds. The fourth-order valence-corrected chi connectivity index (χ4v) is 3.89. The van der Waals surface area contributed by atoms with Gasteiger partial charge in [-0.2, -0.15) is 0 Å². The molecule has 3 nitrogen and oxygen atoms in total. The number of anilines is 1. The number of carbonyl (C=O) groups excluding carboxylic acids is 2. The van der Waals surface area contributed by atoms with E-state index in [1.165, 1.54) is 11.3 Å². The van der Waals surface area contributed by atoms with Crippen LogP contribution in [-0.4, -0.2) is 11.6 Å². The maximum Gasteiger partial charge on any atom is 0.195 e. The first-order chi connectivity index (χ1) is 11.7. The van der Waals surface area contributed by atoms with Gasteiger partial charge in [0, 0.05) is 17.7 Å². The minimum absolute atomic E-state index is 0.0255. The molecule has 1 N–H and O–H groups in total. The third-order valence-corrected chi connectivity index (χ3v) is 5.31. The van der Waals surface area contributed by atoms with Gasteiger partial charge in [0.15, 0.2) is 11.6 Å². The average molecular weight is 333 g/mol. The second-order valence-corrected chi connectivity index (χ2v) is 6.80. The predicted molar refractivity (Wildman–Crippen MR) is 95.8 cm³/mol. The molecule has 0 aliphatic carbocycles. The first kappa shape index (κ1) is 14.8. The molecule has 0 saturated carbocycles. The number of para-hydroxylation sites is 1. The predicted octanol–water partition coefficient (Wildman–Crippen LogP) is 4.52. The number of benzene rings is 2. The van der Waals surface area contributed by atoms with Crippen molar-refractivity contribution in [3.63, 3.8) is 0 Å². The minimum atomic E-state index is -1.04. The van der Waals surface area contributed by atoms with E-state index < -0.39 is 5.54 Å². The molecule has 0 saturated heterocycles. The number of ketones is 2. The molecule has 4 rings (SSSR count). The van der Waals surface area contributed by atoms with Gasteiger partial charge in [-0.1, -0.05) is 48.5 Å². The third-order valence-electron chi connectivity index (χ3n) is 4.40. The van der Waals surface area contributed by atoms with Crippen molar-refractivity contribution in [2.75, 3.05) is 5.32 Å². The second-order valence-electron chi connectivity index (χ2n) is 5.85. The van der Waals surface area contributed by atoms with Crippen LogP contribution in [0.2, 0.25) is 0 Å². The van der Waals surface area contributed by atoms with E-state index in [0.717, 1.165) is 11.3 Å². The molecule has 0 fully saturated rings. The summed E-state index contributed by atoms with van der Waals surface area (Å²) in [6, 6.07) is 20.6. The van der Waals surface area contributed by atoms with Crippen LogP contribution in [0.3, 0.4) is 0 Å². The Morgan fingerprint density at radius 2 is 1.71 bits per heavy atom. The van der Waals surface area contributed by atoms with Crippen molar-refractivity contribution >= 4 is 28.6 Å². The summed E-state index contributed by atoms with van der Waals surface area (Å²) in [5, 5.41) is 5.22. The number of Topliss-reactive ketones (excluding diaryl/α,β-unsaturated/α-hetero) is 2. The van der Waals surface area contributed by atoms with E-state index in [2.05, 4.69) is 5.32 Å². The van der Waals surface area contributed by atoms with Crippen LogP contribution in [0, 0.1) is 0 Å². The van der Waals surface area contributed by atoms with E-state index >= 15 is 0 Å². The molecule has 1 aliphatic rings. The minimum Gasteiger partial charge on any atom is -0.368 e. The smallest absolute Gasteiger partial charge is 0.195 e. The van der Waals surface area contributed by atoms with Gasteiger partial charge in [-0.05, 0) is 29.1 Å². The molecule has 2 aromatic carbocycles. The van der Waals surface area contributed by atoms with Gasteiger partial charge < -0.3 is 5.32 Å². The van der Waals surface area contributed by atoms with E-state index in [0.29, 0.717) is 10.4 Å². The van der Waals surface area contributed by atoms with Gasteiger partial charge in [-0.3, -0.25) is 9.59 Å². The Bertz CT molecular complexity index is 902. The fraction of sp³-hybridized carbons (Fsp3) is 0.100. The highest BCUT2D eigenvalue weighted by Gasteiger charge is 2.48. The Morgan fingerprint density at radius 3 is 2.42 bits per heavy atom. The molecular weight excluding hydrogens is 318 g/mol. The van der Waals surface area contributed by atoms with Crippen LogP contribution >= 0.6 is 11.3 Å². The van der Waals surface area contributed by atoms with E-state index in [1.807, 2.05) is 66.0 Å². The molecule has 0 bridgehead atoms. The molecule has 0 radical (unpaired) electrons. The summed E-state index contributed by atoms with van der Waals surface area (Å²) in [4.78, 5) is 26.6. The maximum atomic E-state index is 13.2. The van der Waals surface area contributed by atoms with Gasteiger partial charge in [0.25, 0.3) is 0 Å². The number of fused-ring (bicyclic) bond motifs is 1. The van der Waals surface area contributed by atoms with Crippen molar-refractivity contribution < 1.29 is 9.59 Å². The van der Waals surface area contributed by atoms with Gasteiger partial charge in [0.2, 0.25) is 0 Å². The molecule has 1 aromatic heterocycles. The lowest BCUT2D eigenvalue weighted by Gasteiger charge is -2.28. The Hall–Kier alpha value is -2.72. The largest absolute Gasteiger partial charge is 0.368 e. The summed E-state index contributed by atoms with van der Waals surface area (Å²) in [5.74, 6) is -0.0725. The lowest BCUT2D eigenvalue weighted by molar-refractivity contribution is 0.0848. The summed E-state index contributed by atoms with van der Waals surface area (Å²) < 4.78 is 0. The zero-order valence-corrected chi connectivity index (χ0v) is 13.7. The maximum absolute atomic E-state index is 13.2. The molecular formula is C20H15NO2S. The summed E-state index contributed by atoms with van der Waals surface area (Å²) in [7, 11) is 0. The summed E-state index contributed by atoms with van der Waals surface area (Å²) in [5.41, 5.74) is 1.20. The van der Waals surface area contributed by atoms with Crippen LogP contribution < -0.4 is 5.32 Å². The quantitative estimate of drug-likeness (QED) is 0.714. The van der Waals surface area contributed by atoms with Crippen LogP contribution in [0.1, 0.15) is 32.0 Å². The van der Waals surface area contributed by atoms with Crippen LogP contribution in [-0.2, 0) is 5.54 Å². The lowest BCUT2D eigenvalue weighted by Crippen LogP contribution is -2.40. The van der Waals surface area contributed by atoms with E-state index in [1.54, 1.807) is 6.07 Å². The number of hydrogen-bond donors (Lipinski definition) is 1. The molecule has 24 heavy (non-hydrogen) atoms. The molecule has 2 heterocycles. The van der Waals surface area contributed by atoms with Crippen molar-refractivity contribution in [3.05, 3.63) is 88.1 Å². The van der Waals surface area contributed by atoms with Crippen molar-refractivity contribution in [3.8, 4) is 0 Å². The highest BCUT2D eigenvalue weighted by Crippen LogP contribution is 2.42. The van der Waals surface area contributed by atoms with E-state index in [-0.39, 0.29) is 18.0 Å². The molecule has 4 heteroatoms. The monoisotopic (exact) mass is 333 g/mol. The second kappa shape index (κ2) is 5.73. The zero-order chi connectivity index (χ0) is 16.6. The van der Waals surface area contributed by atoms with Crippen molar-refractivity contribution in [1.82, 2.24) is 0 Å². The molecule has 0 unspecified atom stereocenters. The first-order valence-corrected chi connectivity index (χ1v) is 8.63. The number of thiophene rings is 1. The van der Waals surface area contributed by atoms with Crippen LogP contribution in [0.4, 0.5) is 5.69 Å². The van der Waals surface area contributed by atoms with Gasteiger partial charge in [-0.15, -0.1) is 11.3 Å². The van der Waals surface area contributed by atoms with Crippen molar-refractivity contribution in [2.24, 2.45) is 0 Å². The summed E-state index contributed by atoms with van der Waals surface area (Å²) in [6.07, 6.45) is 0.102. The van der Waals surface area contributed by atoms with Gasteiger partial charge in [0.1, 0.15) is 5.54 Å². The van der Waals surface area contributed by atoms with Crippen LogP contribution in [0.15, 0.2) is 72.1 Å². The average Bonchev–Trinajstić information content (AvgIpc) is 3.24. The highest BCUT2D eigenvalue weighted by atomic mass is 32.1. The lowest BCUT2D eigenvalue weighted by atomic mass is 9.81. The summed E-state index contributed by atoms with van der Waals surface area (Å²) in [6.45, 7) is 0. The Labute approximate surface area is 144 Å². The fourth-order valence-electron chi connectivity index (χ4n) is 3.22. The first-order valence-electron chi connectivity index (χ1n) is 7.75. The van der Waals surface area contributed by atoms with Gasteiger partial charge >= 0.3 is 0 Å². The van der Waals surface area contributed by atoms with E-state index in [4.69, 9.17) is 0 Å². The molecule has 1 atom stereocenters. The zero-order valence-electron chi connectivity index (χ0n) is 12.9. The van der Waals surface area contributed by atoms with Crippen LogP contribution in [0.25, 0.3) is 0 Å². The van der Waals surface area contributed by atoms with Gasteiger partial charge in [0.05, 0.1) is 4.88 Å². The number of nitrogens with one attached hydrogen (secondary N) is 1. The standard InChI is InChI=1S/C20H15NO2S/c22-17(18-11-6-12-24-18)13-20(14-7-2-1-3-8-14)19(23)15-9-4-5-10-16(15)21-20/h1-12,21H,13H2/t20-/m1/s1. The molecule has 118 valence electrons. The van der Waals surface area contributed by atoms with E-state index in [9.17, 15) is 9.59 Å². The van der Waals surface area contributed by atoms with Crippen LogP contribution in [0.5, 0.6) is 0 Å². The summed E-state index contributed by atoms with van der Waals surface area (Å²) >= 11 is 1.40. The third kappa shape index (κ3) is 2.27. The Balaban J connectivity index is 1.81. The highest BCUT2D eigenvalue weighted by molar-refractivity contribution is 7.12. The number of carbonyl (C=O) groups is 2. The Morgan fingerprint density at radius 1 is 0.958 bits per heavy atom.